The van der Waals surface area contributed by atoms with Crippen molar-refractivity contribution in [2.45, 2.75) is 44.4 Å². The Balaban J connectivity index is 1.65. The third-order valence-corrected chi connectivity index (χ3v) is 4.95. The molecule has 1 heterocycles. The van der Waals surface area contributed by atoms with Crippen molar-refractivity contribution in [3.8, 4) is 5.75 Å². The van der Waals surface area contributed by atoms with Crippen molar-refractivity contribution in [2.24, 2.45) is 0 Å². The summed E-state index contributed by atoms with van der Waals surface area (Å²) < 4.78 is 41.1. The monoisotopic (exact) mass is 334 g/mol. The van der Waals surface area contributed by atoms with Gasteiger partial charge in [-0.3, -0.25) is 4.98 Å². The lowest BCUT2D eigenvalue weighted by Gasteiger charge is -2.21. The van der Waals surface area contributed by atoms with E-state index in [1.807, 2.05) is 6.92 Å². The molecule has 3 nitrogen and oxygen atoms in total. The van der Waals surface area contributed by atoms with E-state index in [2.05, 4.69) is 15.0 Å². The molecule has 24 heavy (non-hydrogen) atoms. The number of aromatic nitrogens is 1. The lowest BCUT2D eigenvalue weighted by atomic mass is 9.90. The van der Waals surface area contributed by atoms with E-state index < -0.39 is 6.36 Å². The van der Waals surface area contributed by atoms with Crippen LogP contribution in [0.1, 0.15) is 47.9 Å². The number of hydrogen-bond donors (Lipinski definition) is 1. The molecule has 0 amide bonds. The summed E-state index contributed by atoms with van der Waals surface area (Å²) in [6.45, 7) is 2.03. The summed E-state index contributed by atoms with van der Waals surface area (Å²) in [4.78, 5) is 4.47. The van der Waals surface area contributed by atoms with Crippen LogP contribution in [0.5, 0.6) is 5.75 Å². The molecule has 4 rings (SSSR count). The number of hydrogen-bond acceptors (Lipinski definition) is 3. The number of halogens is 3. The zero-order valence-electron chi connectivity index (χ0n) is 13.2. The summed E-state index contributed by atoms with van der Waals surface area (Å²) in [7, 11) is 0. The van der Waals surface area contributed by atoms with Gasteiger partial charge in [-0.25, -0.2) is 0 Å². The van der Waals surface area contributed by atoms with E-state index >= 15 is 0 Å². The lowest BCUT2D eigenvalue weighted by molar-refractivity contribution is -0.274. The van der Waals surface area contributed by atoms with E-state index in [0.717, 1.165) is 17.8 Å². The van der Waals surface area contributed by atoms with Crippen LogP contribution in [0.4, 0.5) is 24.5 Å². The van der Waals surface area contributed by atoms with Gasteiger partial charge in [0.25, 0.3) is 0 Å². The zero-order chi connectivity index (χ0) is 16.9. The fourth-order valence-corrected chi connectivity index (χ4v) is 4.13. The van der Waals surface area contributed by atoms with Crippen LogP contribution in [0.15, 0.2) is 30.5 Å². The molecule has 126 valence electrons. The highest BCUT2D eigenvalue weighted by molar-refractivity contribution is 5.68. The Hall–Kier alpha value is -2.24. The van der Waals surface area contributed by atoms with Crippen LogP contribution in [-0.4, -0.2) is 11.3 Å². The molecule has 2 aromatic rings. The molecular weight excluding hydrogens is 317 g/mol. The van der Waals surface area contributed by atoms with Gasteiger partial charge >= 0.3 is 6.36 Å². The first kappa shape index (κ1) is 15.3. The van der Waals surface area contributed by atoms with E-state index in [0.29, 0.717) is 17.5 Å². The maximum Gasteiger partial charge on any atom is 0.573 e. The molecule has 0 spiro atoms. The topological polar surface area (TPSA) is 34.2 Å². The van der Waals surface area contributed by atoms with Crippen LogP contribution in [0.2, 0.25) is 0 Å². The summed E-state index contributed by atoms with van der Waals surface area (Å²) in [6.07, 6.45) is 0.635. The minimum absolute atomic E-state index is 0.231. The SMILES string of the molecule is Cc1ncc(Nc2cccc(OC(F)(F)F)c2)c2c1C1CCC2C1. The lowest BCUT2D eigenvalue weighted by Crippen LogP contribution is -2.17. The van der Waals surface area contributed by atoms with Crippen LogP contribution >= 0.6 is 0 Å². The van der Waals surface area contributed by atoms with Gasteiger partial charge in [0.2, 0.25) is 0 Å². The standard InChI is InChI=1S/C18H17F3N2O/c1-10-16-11-5-6-12(7-11)17(16)15(9-22-10)23-13-3-2-4-14(8-13)24-18(19,20)21/h2-4,8-9,11-12,23H,5-7H2,1H3. The van der Waals surface area contributed by atoms with Crippen molar-refractivity contribution in [2.75, 3.05) is 5.32 Å². The Morgan fingerprint density at radius 2 is 1.92 bits per heavy atom. The third kappa shape index (κ3) is 2.70. The molecule has 0 saturated heterocycles. The Bertz CT molecular complexity index is 788. The summed E-state index contributed by atoms with van der Waals surface area (Å²) in [5, 5.41) is 3.23. The minimum atomic E-state index is -4.69. The van der Waals surface area contributed by atoms with Gasteiger partial charge in [0.15, 0.2) is 0 Å². The Labute approximate surface area is 137 Å². The minimum Gasteiger partial charge on any atom is -0.406 e. The third-order valence-electron chi connectivity index (χ3n) is 4.95. The molecule has 2 aliphatic rings. The van der Waals surface area contributed by atoms with Gasteiger partial charge in [-0.15, -0.1) is 13.2 Å². The van der Waals surface area contributed by atoms with Crippen LogP contribution in [0.3, 0.4) is 0 Å². The highest BCUT2D eigenvalue weighted by Crippen LogP contribution is 2.56. The number of nitrogens with zero attached hydrogens (tertiary/aromatic N) is 1. The van der Waals surface area contributed by atoms with Crippen molar-refractivity contribution in [3.63, 3.8) is 0 Å². The molecule has 1 N–H and O–H groups in total. The van der Waals surface area contributed by atoms with Gasteiger partial charge < -0.3 is 10.1 Å². The van der Waals surface area contributed by atoms with Crippen molar-refractivity contribution < 1.29 is 17.9 Å². The number of nitrogens with one attached hydrogen (secondary N) is 1. The molecule has 2 bridgehead atoms. The van der Waals surface area contributed by atoms with Crippen LogP contribution in [-0.2, 0) is 0 Å². The fraction of sp³-hybridized carbons (Fsp3) is 0.389. The Morgan fingerprint density at radius 3 is 2.67 bits per heavy atom. The second-order valence-corrected chi connectivity index (χ2v) is 6.49. The zero-order valence-corrected chi connectivity index (χ0v) is 13.2. The molecule has 6 heteroatoms. The Morgan fingerprint density at radius 1 is 1.17 bits per heavy atom. The van der Waals surface area contributed by atoms with E-state index in [1.165, 1.54) is 42.2 Å². The normalized spacial score (nSPS) is 21.7. The largest absolute Gasteiger partial charge is 0.573 e. The molecule has 1 fully saturated rings. The van der Waals surface area contributed by atoms with Crippen molar-refractivity contribution in [3.05, 3.63) is 47.3 Å². The van der Waals surface area contributed by atoms with Gasteiger partial charge in [-0.05, 0) is 61.3 Å². The quantitative estimate of drug-likeness (QED) is 0.816. The molecular formula is C18H17F3N2O. The van der Waals surface area contributed by atoms with Gasteiger partial charge in [0.1, 0.15) is 5.75 Å². The fourth-order valence-electron chi connectivity index (χ4n) is 4.13. The number of benzene rings is 1. The van der Waals surface area contributed by atoms with Gasteiger partial charge in [0, 0.05) is 17.4 Å². The van der Waals surface area contributed by atoms with E-state index in [4.69, 9.17) is 0 Å². The maximum atomic E-state index is 12.4. The molecule has 0 aliphatic heterocycles. The first-order valence-corrected chi connectivity index (χ1v) is 8.03. The Kier molecular flexibility index (Phi) is 3.44. The number of pyridine rings is 1. The summed E-state index contributed by atoms with van der Waals surface area (Å²) in [5.41, 5.74) is 5.15. The van der Waals surface area contributed by atoms with Crippen LogP contribution in [0, 0.1) is 6.92 Å². The number of alkyl halides is 3. The first-order valence-electron chi connectivity index (χ1n) is 8.03. The van der Waals surface area contributed by atoms with Gasteiger partial charge in [-0.1, -0.05) is 6.07 Å². The van der Waals surface area contributed by atoms with Crippen LogP contribution < -0.4 is 10.1 Å². The molecule has 1 aromatic carbocycles. The van der Waals surface area contributed by atoms with Gasteiger partial charge in [0.05, 0.1) is 11.9 Å². The number of fused-ring (bicyclic) bond motifs is 5. The number of ether oxygens (including phenoxy) is 1. The smallest absolute Gasteiger partial charge is 0.406 e. The second kappa shape index (κ2) is 5.40. The average Bonchev–Trinajstić information content (AvgIpc) is 3.10. The summed E-state index contributed by atoms with van der Waals surface area (Å²) >= 11 is 0. The number of rotatable bonds is 3. The summed E-state index contributed by atoms with van der Waals surface area (Å²) in [5.74, 6) is 0.883. The van der Waals surface area contributed by atoms with Gasteiger partial charge in [-0.2, -0.15) is 0 Å². The van der Waals surface area contributed by atoms with Crippen LogP contribution in [0.25, 0.3) is 0 Å². The predicted octanol–water partition coefficient (Wildman–Crippen LogP) is 5.40. The molecule has 0 radical (unpaired) electrons. The van der Waals surface area contributed by atoms with E-state index in [1.54, 1.807) is 12.3 Å². The number of anilines is 2. The van der Waals surface area contributed by atoms with E-state index in [-0.39, 0.29) is 5.75 Å². The first-order chi connectivity index (χ1) is 11.4. The van der Waals surface area contributed by atoms with Crippen molar-refractivity contribution in [1.29, 1.82) is 0 Å². The molecule has 1 saturated carbocycles. The predicted molar refractivity (Wildman–Crippen MR) is 84.7 cm³/mol. The average molecular weight is 334 g/mol. The number of aryl methyl sites for hydroxylation is 1. The summed E-state index contributed by atoms with van der Waals surface area (Å²) in [6, 6.07) is 5.91. The maximum absolute atomic E-state index is 12.4. The second-order valence-electron chi connectivity index (χ2n) is 6.49. The molecule has 2 unspecified atom stereocenters. The van der Waals surface area contributed by atoms with E-state index in [9.17, 15) is 13.2 Å². The van der Waals surface area contributed by atoms with Crippen molar-refractivity contribution in [1.82, 2.24) is 4.98 Å². The highest BCUT2D eigenvalue weighted by Gasteiger charge is 2.40. The molecule has 1 aromatic heterocycles. The molecule has 2 atom stereocenters. The van der Waals surface area contributed by atoms with Crippen molar-refractivity contribution >= 4 is 11.4 Å². The molecule has 2 aliphatic carbocycles. The highest BCUT2D eigenvalue weighted by atomic mass is 19.4.